The van der Waals surface area contributed by atoms with Gasteiger partial charge in [-0.3, -0.25) is 4.90 Å². The summed E-state index contributed by atoms with van der Waals surface area (Å²) in [7, 11) is -15.8. The van der Waals surface area contributed by atoms with E-state index in [-0.39, 0.29) is 51.4 Å². The first kappa shape index (κ1) is 35.1. The number of rotatable bonds is 2. The van der Waals surface area contributed by atoms with Gasteiger partial charge in [0.1, 0.15) is 0 Å². The number of nitrogens with zero attached hydrogens (tertiary/aromatic N) is 2. The number of likely N-dealkylation sites (N-methyl/N-ethyl adjacent to an activating group) is 1. The fourth-order valence-corrected chi connectivity index (χ4v) is 1.47. The van der Waals surface area contributed by atoms with Crippen molar-refractivity contribution in [2.45, 2.75) is 6.42 Å². The first-order chi connectivity index (χ1) is 11.3. The van der Waals surface area contributed by atoms with E-state index in [1.807, 2.05) is 6.08 Å². The van der Waals surface area contributed by atoms with E-state index in [0.717, 1.165) is 6.54 Å². The van der Waals surface area contributed by atoms with Crippen LogP contribution in [0, 0.1) is 0 Å². The zero-order chi connectivity index (χ0) is 21.6. The Balaban J connectivity index is -0.000000142. The van der Waals surface area contributed by atoms with Crippen LogP contribution < -0.4 is 0 Å². The minimum atomic E-state index is -6.00. The Kier molecular flexibility index (Phi) is 22.8. The summed E-state index contributed by atoms with van der Waals surface area (Å²) in [5.41, 5.74) is 0. The Morgan fingerprint density at radius 2 is 1.04 bits per heavy atom. The quantitative estimate of drug-likeness (QED) is 0.353. The molecule has 1 rings (SSSR count). The maximum absolute atomic E-state index is 9.75. The van der Waals surface area contributed by atoms with Crippen molar-refractivity contribution in [1.82, 2.24) is 9.80 Å². The summed E-state index contributed by atoms with van der Waals surface area (Å²) in [4.78, 5) is 4.85. The molecular formula is C9H19B3F12KN2-3. The van der Waals surface area contributed by atoms with Crippen LogP contribution in [0.1, 0.15) is 6.42 Å². The Bertz CT molecular complexity index is 306. The molecule has 0 bridgehead atoms. The van der Waals surface area contributed by atoms with Gasteiger partial charge < -0.3 is 56.7 Å². The summed E-state index contributed by atoms with van der Waals surface area (Å²) in [6, 6.07) is 0. The minimum absolute atomic E-state index is 0. The van der Waals surface area contributed by atoms with Gasteiger partial charge in [0, 0.05) is 19.6 Å². The van der Waals surface area contributed by atoms with Crippen molar-refractivity contribution in [2.75, 3.05) is 39.8 Å². The third-order valence-corrected chi connectivity index (χ3v) is 2.20. The summed E-state index contributed by atoms with van der Waals surface area (Å²) in [6.45, 7) is 9.67. The summed E-state index contributed by atoms with van der Waals surface area (Å²) < 4.78 is 117. The van der Waals surface area contributed by atoms with Crippen LogP contribution in [0.2, 0.25) is 0 Å². The molecule has 0 atom stereocenters. The van der Waals surface area contributed by atoms with Crippen LogP contribution in [-0.4, -0.2) is 123 Å². The molecule has 2 nitrogen and oxygen atoms in total. The van der Waals surface area contributed by atoms with Crippen molar-refractivity contribution in [3.63, 3.8) is 0 Å². The Labute approximate surface area is 192 Å². The zero-order valence-electron chi connectivity index (χ0n) is 13.7. The molecule has 1 saturated heterocycles. The van der Waals surface area contributed by atoms with Crippen LogP contribution in [0.25, 0.3) is 0 Å². The maximum atomic E-state index is 9.75. The molecule has 0 aliphatic carbocycles. The number of hydrogen-bond donors (Lipinski definition) is 0. The average Bonchev–Trinajstić information content (AvgIpc) is 2.48. The molecule has 0 radical (unpaired) electrons. The Morgan fingerprint density at radius 1 is 0.704 bits per heavy atom. The zero-order valence-corrected chi connectivity index (χ0v) is 13.7. The van der Waals surface area contributed by atoms with E-state index in [0.29, 0.717) is 0 Å². The molecule has 0 amide bonds. The van der Waals surface area contributed by atoms with E-state index in [2.05, 4.69) is 23.4 Å². The molecule has 1 fully saturated rings. The normalized spacial score (nSPS) is 16.0. The summed E-state index contributed by atoms with van der Waals surface area (Å²) in [5, 5.41) is 0. The van der Waals surface area contributed by atoms with Gasteiger partial charge in [0.2, 0.25) is 0 Å². The molecule has 0 aromatic carbocycles. The van der Waals surface area contributed by atoms with Crippen molar-refractivity contribution in [2.24, 2.45) is 0 Å². The fraction of sp³-hybridized carbons (Fsp3) is 0.778. The average molecular weight is 455 g/mol. The molecule has 1 heterocycles. The third kappa shape index (κ3) is 75.4. The summed E-state index contributed by atoms with van der Waals surface area (Å²) >= 11 is 0. The van der Waals surface area contributed by atoms with Crippen molar-refractivity contribution < 1.29 is 51.8 Å². The Hall–Kier alpha value is 0.651. The molecule has 27 heavy (non-hydrogen) atoms. The van der Waals surface area contributed by atoms with Crippen molar-refractivity contribution in [3.8, 4) is 0 Å². The second-order valence-corrected chi connectivity index (χ2v) is 4.73. The van der Waals surface area contributed by atoms with Gasteiger partial charge >= 0.3 is 73.1 Å². The van der Waals surface area contributed by atoms with E-state index in [1.165, 1.54) is 32.6 Å². The molecule has 0 unspecified atom stereocenters. The monoisotopic (exact) mass is 455 g/mol. The van der Waals surface area contributed by atoms with Gasteiger partial charge in [-0.25, -0.2) is 0 Å². The van der Waals surface area contributed by atoms with Crippen molar-refractivity contribution in [1.29, 1.82) is 0 Å². The first-order valence-corrected chi connectivity index (χ1v) is 6.96. The summed E-state index contributed by atoms with van der Waals surface area (Å²) in [5.74, 6) is 0. The predicted molar refractivity (Wildman–Crippen MR) is 86.5 cm³/mol. The predicted octanol–water partition coefficient (Wildman–Crippen LogP) is 4.06. The fourth-order valence-electron chi connectivity index (χ4n) is 1.47. The molecule has 1 aliphatic heterocycles. The van der Waals surface area contributed by atoms with E-state index in [9.17, 15) is 51.8 Å². The molecule has 1 aliphatic rings. The second kappa shape index (κ2) is 17.5. The van der Waals surface area contributed by atoms with Gasteiger partial charge in [-0.2, -0.15) is 0 Å². The second-order valence-electron chi connectivity index (χ2n) is 4.73. The van der Waals surface area contributed by atoms with E-state index in [4.69, 9.17) is 0 Å². The van der Waals surface area contributed by atoms with E-state index in [1.54, 1.807) is 0 Å². The molecule has 162 valence electrons. The topological polar surface area (TPSA) is 6.48 Å². The van der Waals surface area contributed by atoms with Gasteiger partial charge in [-0.05, 0) is 26.6 Å². The Morgan fingerprint density at radius 3 is 1.33 bits per heavy atom. The summed E-state index contributed by atoms with van der Waals surface area (Å²) in [6.07, 6.45) is 3.29. The van der Waals surface area contributed by atoms with Gasteiger partial charge in [0.15, 0.2) is 0 Å². The molecule has 0 saturated carbocycles. The van der Waals surface area contributed by atoms with Crippen molar-refractivity contribution >= 4 is 73.1 Å². The molecule has 0 spiro atoms. The SMILES string of the molecule is C=CCN1CCCN(C)CC1.F[B-](F)(F)F.F[B-](F)(F)F.F[B-](F)(F)F.[KH]. The van der Waals surface area contributed by atoms with Gasteiger partial charge in [-0.1, -0.05) is 6.08 Å². The van der Waals surface area contributed by atoms with Gasteiger partial charge in [-0.15, -0.1) is 6.58 Å². The van der Waals surface area contributed by atoms with Gasteiger partial charge in [0.25, 0.3) is 0 Å². The van der Waals surface area contributed by atoms with E-state index >= 15 is 0 Å². The molecule has 0 aromatic heterocycles. The number of halogens is 12. The standard InChI is InChI=1S/C9H18N2.3BF4.K.H/c1-3-5-11-7-4-6-10(2)8-9-11;3*2-1(3,4)5;;/h3H,1,4-9H2,2H3;;;;;/q;3*-1;;. The van der Waals surface area contributed by atoms with Crippen LogP contribution in [0.5, 0.6) is 0 Å². The third-order valence-electron chi connectivity index (χ3n) is 2.20. The molecular weight excluding hydrogens is 436 g/mol. The first-order valence-electron chi connectivity index (χ1n) is 6.96. The molecule has 0 N–H and O–H groups in total. The van der Waals surface area contributed by atoms with Crippen LogP contribution in [0.3, 0.4) is 0 Å². The van der Waals surface area contributed by atoms with E-state index < -0.39 is 21.8 Å². The van der Waals surface area contributed by atoms with Crippen LogP contribution >= 0.6 is 0 Å². The van der Waals surface area contributed by atoms with Gasteiger partial charge in [0.05, 0.1) is 0 Å². The molecule has 18 heteroatoms. The van der Waals surface area contributed by atoms with Crippen LogP contribution in [-0.2, 0) is 0 Å². The number of hydrogen-bond acceptors (Lipinski definition) is 2. The van der Waals surface area contributed by atoms with Crippen LogP contribution in [0.4, 0.5) is 51.8 Å². The van der Waals surface area contributed by atoms with Crippen LogP contribution in [0.15, 0.2) is 12.7 Å². The molecule has 0 aromatic rings. The van der Waals surface area contributed by atoms with Crippen molar-refractivity contribution in [3.05, 3.63) is 12.7 Å².